The van der Waals surface area contributed by atoms with Crippen LogP contribution in [-0.2, 0) is 4.79 Å². The molecule has 1 aliphatic heterocycles. The summed E-state index contributed by atoms with van der Waals surface area (Å²) in [5.41, 5.74) is 2.27. The lowest BCUT2D eigenvalue weighted by molar-refractivity contribution is -0.148. The third-order valence-electron chi connectivity index (χ3n) is 5.38. The number of carbonyl (C=O) groups is 1. The summed E-state index contributed by atoms with van der Waals surface area (Å²) < 4.78 is 13.2. The van der Waals surface area contributed by atoms with Gasteiger partial charge in [-0.1, -0.05) is 30.0 Å². The van der Waals surface area contributed by atoms with Crippen LogP contribution in [0.5, 0.6) is 0 Å². The highest BCUT2D eigenvalue weighted by Crippen LogP contribution is 2.44. The van der Waals surface area contributed by atoms with Crippen molar-refractivity contribution in [3.8, 4) is 17.9 Å². The van der Waals surface area contributed by atoms with E-state index in [1.165, 1.54) is 12.1 Å². The highest BCUT2D eigenvalue weighted by molar-refractivity contribution is 5.83. The highest BCUT2D eigenvalue weighted by atomic mass is 19.1. The summed E-state index contributed by atoms with van der Waals surface area (Å²) in [5.74, 6) is 5.40. The van der Waals surface area contributed by atoms with Crippen LogP contribution < -0.4 is 0 Å². The number of aliphatic hydroxyl groups is 1. The molecule has 1 heterocycles. The van der Waals surface area contributed by atoms with Crippen molar-refractivity contribution in [1.29, 1.82) is 5.26 Å². The van der Waals surface area contributed by atoms with Crippen LogP contribution in [0, 0.1) is 34.9 Å². The molecule has 0 spiro atoms. The first-order chi connectivity index (χ1) is 13.6. The summed E-state index contributed by atoms with van der Waals surface area (Å²) in [5, 5.41) is 19.3. The minimum Gasteiger partial charge on any atom is -0.394 e. The zero-order valence-electron chi connectivity index (χ0n) is 15.2. The molecule has 0 radical (unpaired) electrons. The van der Waals surface area contributed by atoms with Crippen LogP contribution >= 0.6 is 0 Å². The molecule has 2 aliphatic rings. The predicted molar refractivity (Wildman–Crippen MR) is 101 cm³/mol. The van der Waals surface area contributed by atoms with E-state index in [0.717, 1.165) is 24.0 Å². The number of halogens is 1. The van der Waals surface area contributed by atoms with Gasteiger partial charge >= 0.3 is 0 Å². The minimum atomic E-state index is -0.547. The number of benzene rings is 2. The van der Waals surface area contributed by atoms with Crippen molar-refractivity contribution in [3.63, 3.8) is 0 Å². The van der Waals surface area contributed by atoms with E-state index in [-0.39, 0.29) is 36.2 Å². The summed E-state index contributed by atoms with van der Waals surface area (Å²) in [6, 6.07) is 14.9. The maximum absolute atomic E-state index is 13.2. The molecule has 2 aromatic carbocycles. The van der Waals surface area contributed by atoms with Gasteiger partial charge in [-0.3, -0.25) is 4.79 Å². The van der Waals surface area contributed by atoms with Gasteiger partial charge in [0, 0.05) is 23.0 Å². The number of likely N-dealkylation sites (tertiary alicyclic amines) is 1. The van der Waals surface area contributed by atoms with Gasteiger partial charge in [-0.25, -0.2) is 4.39 Å². The van der Waals surface area contributed by atoms with Gasteiger partial charge in [0.25, 0.3) is 0 Å². The summed E-state index contributed by atoms with van der Waals surface area (Å²) in [6.45, 7) is -0.164. The van der Waals surface area contributed by atoms with Crippen molar-refractivity contribution in [1.82, 2.24) is 4.90 Å². The van der Waals surface area contributed by atoms with Gasteiger partial charge in [-0.05, 0) is 48.7 Å². The molecule has 5 heteroatoms. The van der Waals surface area contributed by atoms with E-state index in [9.17, 15) is 19.6 Å². The fourth-order valence-electron chi connectivity index (χ4n) is 3.75. The van der Waals surface area contributed by atoms with E-state index >= 15 is 0 Å². The van der Waals surface area contributed by atoms with E-state index in [0.29, 0.717) is 5.56 Å². The molecule has 2 fully saturated rings. The third-order valence-corrected chi connectivity index (χ3v) is 5.38. The van der Waals surface area contributed by atoms with E-state index in [1.54, 1.807) is 17.0 Å². The molecule has 2 aromatic rings. The molecule has 1 aliphatic carbocycles. The summed E-state index contributed by atoms with van der Waals surface area (Å²) in [6.07, 6.45) is 1.74. The van der Waals surface area contributed by atoms with E-state index in [1.807, 2.05) is 24.3 Å². The Kier molecular flexibility index (Phi) is 4.86. The second-order valence-corrected chi connectivity index (χ2v) is 7.25. The number of aliphatic hydroxyl groups excluding tert-OH is 1. The van der Waals surface area contributed by atoms with Gasteiger partial charge in [0.05, 0.1) is 18.7 Å². The normalized spacial score (nSPS) is 23.2. The lowest BCUT2D eigenvalue weighted by Crippen LogP contribution is -2.65. The Balaban J connectivity index is 1.52. The average molecular weight is 374 g/mol. The lowest BCUT2D eigenvalue weighted by atomic mass is 9.75. The molecule has 4 rings (SSSR count). The standard InChI is InChI=1S/C23H19FN2O2/c24-19-3-1-2-16(12-19)5-4-15-6-8-17(9-7-15)22-20(13-25)26(21(22)14-27)23(28)18-10-11-18/h1-3,6-9,12,18,20-22,27H,10-11,14H2/t20-,21-,22-/m1/s1. The second kappa shape index (κ2) is 7.46. The molecule has 1 saturated carbocycles. The number of nitriles is 1. The van der Waals surface area contributed by atoms with E-state index in [2.05, 4.69) is 17.9 Å². The Labute approximate surface area is 163 Å². The molecular formula is C23H19FN2O2. The second-order valence-electron chi connectivity index (χ2n) is 7.25. The summed E-state index contributed by atoms with van der Waals surface area (Å²) >= 11 is 0. The monoisotopic (exact) mass is 374 g/mol. The first-order valence-corrected chi connectivity index (χ1v) is 9.32. The Morgan fingerprint density at radius 2 is 1.86 bits per heavy atom. The molecule has 4 nitrogen and oxygen atoms in total. The number of rotatable bonds is 3. The van der Waals surface area contributed by atoms with Gasteiger partial charge < -0.3 is 10.0 Å². The third kappa shape index (κ3) is 3.38. The van der Waals surface area contributed by atoms with Crippen molar-refractivity contribution in [3.05, 3.63) is 71.0 Å². The summed E-state index contributed by atoms with van der Waals surface area (Å²) in [4.78, 5) is 14.0. The predicted octanol–water partition coefficient (Wildman–Crippen LogP) is 2.81. The number of amides is 1. The van der Waals surface area contributed by atoms with Gasteiger partial charge in [0.15, 0.2) is 0 Å². The molecular weight excluding hydrogens is 355 g/mol. The molecule has 0 unspecified atom stereocenters. The topological polar surface area (TPSA) is 64.3 Å². The molecule has 1 amide bonds. The van der Waals surface area contributed by atoms with Crippen LogP contribution in [0.4, 0.5) is 4.39 Å². The molecule has 28 heavy (non-hydrogen) atoms. The number of carbonyl (C=O) groups excluding carboxylic acids is 1. The Morgan fingerprint density at radius 3 is 2.46 bits per heavy atom. The Hall–Kier alpha value is -3.15. The molecule has 140 valence electrons. The van der Waals surface area contributed by atoms with Crippen molar-refractivity contribution in [2.45, 2.75) is 30.8 Å². The van der Waals surface area contributed by atoms with Crippen LogP contribution in [-0.4, -0.2) is 34.6 Å². The summed E-state index contributed by atoms with van der Waals surface area (Å²) in [7, 11) is 0. The molecule has 1 N–H and O–H groups in total. The first kappa shape index (κ1) is 18.2. The molecule has 3 atom stereocenters. The maximum Gasteiger partial charge on any atom is 0.227 e. The zero-order valence-corrected chi connectivity index (χ0v) is 15.2. The van der Waals surface area contributed by atoms with Crippen LogP contribution in [0.15, 0.2) is 48.5 Å². The highest BCUT2D eigenvalue weighted by Gasteiger charge is 2.53. The molecule has 0 bridgehead atoms. The van der Waals surface area contributed by atoms with Crippen LogP contribution in [0.1, 0.15) is 35.4 Å². The number of hydrogen-bond donors (Lipinski definition) is 1. The SMILES string of the molecule is N#C[C@@H]1[C@@H](c2ccc(C#Cc3cccc(F)c3)cc2)[C@@H](CO)N1C(=O)C1CC1. The van der Waals surface area contributed by atoms with E-state index in [4.69, 9.17) is 0 Å². The van der Waals surface area contributed by atoms with Gasteiger partial charge in [-0.2, -0.15) is 5.26 Å². The molecule has 1 saturated heterocycles. The smallest absolute Gasteiger partial charge is 0.227 e. The number of nitrogens with zero attached hydrogens (tertiary/aromatic N) is 2. The largest absolute Gasteiger partial charge is 0.394 e. The minimum absolute atomic E-state index is 0.0144. The van der Waals surface area contributed by atoms with Gasteiger partial charge in [0.1, 0.15) is 11.9 Å². The Bertz CT molecular complexity index is 996. The number of hydrogen-bond acceptors (Lipinski definition) is 3. The van der Waals surface area contributed by atoms with Crippen molar-refractivity contribution in [2.75, 3.05) is 6.61 Å². The fraction of sp³-hybridized carbons (Fsp3) is 0.304. The Morgan fingerprint density at radius 1 is 1.14 bits per heavy atom. The van der Waals surface area contributed by atoms with Gasteiger partial charge in [-0.15, -0.1) is 0 Å². The van der Waals surface area contributed by atoms with Crippen LogP contribution in [0.2, 0.25) is 0 Å². The zero-order chi connectivity index (χ0) is 19.7. The lowest BCUT2D eigenvalue weighted by Gasteiger charge is -2.51. The van der Waals surface area contributed by atoms with Crippen molar-refractivity contribution >= 4 is 5.91 Å². The van der Waals surface area contributed by atoms with Crippen LogP contribution in [0.25, 0.3) is 0 Å². The average Bonchev–Trinajstić information content (AvgIpc) is 3.52. The molecule has 0 aromatic heterocycles. The maximum atomic E-state index is 13.2. The fourth-order valence-corrected chi connectivity index (χ4v) is 3.75. The van der Waals surface area contributed by atoms with Crippen molar-refractivity contribution in [2.24, 2.45) is 5.92 Å². The van der Waals surface area contributed by atoms with Crippen LogP contribution in [0.3, 0.4) is 0 Å². The first-order valence-electron chi connectivity index (χ1n) is 9.32. The quantitative estimate of drug-likeness (QED) is 0.841. The van der Waals surface area contributed by atoms with Crippen molar-refractivity contribution < 1.29 is 14.3 Å². The van der Waals surface area contributed by atoms with E-state index < -0.39 is 6.04 Å². The van der Waals surface area contributed by atoms with Gasteiger partial charge in [0.2, 0.25) is 5.91 Å².